The Morgan fingerprint density at radius 2 is 1.22 bits per heavy atom. The molecule has 0 bridgehead atoms. The summed E-state index contributed by atoms with van der Waals surface area (Å²) in [5, 5.41) is 14.5. The first kappa shape index (κ1) is 43.7. The van der Waals surface area contributed by atoms with E-state index in [2.05, 4.69) is 193 Å². The topological polar surface area (TPSA) is 64.1 Å². The molecule has 0 unspecified atom stereocenters. The molecule has 0 atom stereocenters. The van der Waals surface area contributed by atoms with Gasteiger partial charge in [0.25, 0.3) is 0 Å². The number of hydrogen-bond donors (Lipinski definition) is 1. The van der Waals surface area contributed by atoms with Crippen molar-refractivity contribution in [3.8, 4) is 56.3 Å². The molecule has 7 aromatic carbocycles. The van der Waals surface area contributed by atoms with Gasteiger partial charge in [0.1, 0.15) is 22.7 Å². The van der Waals surface area contributed by atoms with E-state index < -0.39 is 0 Å². The van der Waals surface area contributed by atoms with Gasteiger partial charge in [-0.2, -0.15) is 0 Å². The number of phenolic OH excluding ortho intramolecular Hbond substituents is 1. The van der Waals surface area contributed by atoms with Crippen LogP contribution in [-0.4, -0.2) is 19.6 Å². The average Bonchev–Trinajstić information content (AvgIpc) is 3.87. The predicted molar refractivity (Wildman–Crippen MR) is 264 cm³/mol. The molecule has 65 heavy (non-hydrogen) atoms. The smallest absolute Gasteiger partial charge is 0.148 e. The van der Waals surface area contributed by atoms with Crippen molar-refractivity contribution in [1.82, 2.24) is 14.5 Å². The SMILES string of the molecule is CC(C)(C)c1cc(-c2nc3c(-c4[c-]c(-c5cc6oc7ccccc7c6cn5)cc(C(C)(C)c5ccccc5)c4)cccc3n2-c2ccccc2-c2ccccc2)c(O)c(C(C)(C)C)c1.[Pt]. The van der Waals surface area contributed by atoms with Gasteiger partial charge < -0.3 is 9.52 Å². The Morgan fingerprint density at radius 1 is 0.554 bits per heavy atom. The fourth-order valence-corrected chi connectivity index (χ4v) is 9.08. The van der Waals surface area contributed by atoms with Crippen LogP contribution in [0.1, 0.15) is 77.6 Å². The molecule has 6 heteroatoms. The first-order valence-corrected chi connectivity index (χ1v) is 22.1. The summed E-state index contributed by atoms with van der Waals surface area (Å²) in [4.78, 5) is 10.7. The number of imidazole rings is 1. The average molecular weight is 1030 g/mol. The van der Waals surface area contributed by atoms with E-state index in [-0.39, 0.29) is 43.1 Å². The van der Waals surface area contributed by atoms with Crippen LogP contribution in [-0.2, 0) is 37.3 Å². The number of pyridine rings is 1. The van der Waals surface area contributed by atoms with Crippen molar-refractivity contribution in [1.29, 1.82) is 0 Å². The van der Waals surface area contributed by atoms with E-state index in [1.54, 1.807) is 0 Å². The summed E-state index contributed by atoms with van der Waals surface area (Å²) in [5.74, 6) is 0.904. The van der Waals surface area contributed by atoms with Gasteiger partial charge in [-0.25, -0.2) is 4.98 Å². The van der Waals surface area contributed by atoms with Gasteiger partial charge in [-0.05, 0) is 57.9 Å². The second-order valence-corrected chi connectivity index (χ2v) is 19.6. The Balaban J connectivity index is 0.00000533. The Kier molecular flexibility index (Phi) is 11.1. The summed E-state index contributed by atoms with van der Waals surface area (Å²) >= 11 is 0. The van der Waals surface area contributed by atoms with E-state index in [0.717, 1.165) is 88.9 Å². The summed E-state index contributed by atoms with van der Waals surface area (Å²) in [6.45, 7) is 17.7. The molecule has 0 amide bonds. The van der Waals surface area contributed by atoms with Crippen LogP contribution in [0.4, 0.5) is 0 Å². The summed E-state index contributed by atoms with van der Waals surface area (Å²) in [7, 11) is 0. The van der Waals surface area contributed by atoms with Crippen molar-refractivity contribution in [2.75, 3.05) is 0 Å². The fourth-order valence-electron chi connectivity index (χ4n) is 9.08. The van der Waals surface area contributed by atoms with E-state index >= 15 is 0 Å². The van der Waals surface area contributed by atoms with Gasteiger partial charge in [-0.1, -0.05) is 182 Å². The molecule has 326 valence electrons. The van der Waals surface area contributed by atoms with Crippen molar-refractivity contribution in [2.45, 2.75) is 71.6 Å². The Hall–Kier alpha value is -6.55. The number of fused-ring (bicyclic) bond motifs is 4. The Morgan fingerprint density at radius 3 is 1.95 bits per heavy atom. The standard InChI is InChI=1S/C59H52N3O2.Pt/c1-57(2,3)41-33-46(55(63)48(34-41)58(4,5)6)56-61-54-44(26-19-28-51(54)62(56)50-27-17-15-24-43(50)37-20-11-9-12-21-37)38-30-39(32-42(31-38)59(7,8)40-22-13-10-14-23-40)49-35-53-47(36-60-49)45-25-16-18-29-52(45)64-53;/h9-29,31-36,63H,1-8H3;/q-1;. The van der Waals surface area contributed by atoms with Gasteiger partial charge in [0.2, 0.25) is 0 Å². The first-order chi connectivity index (χ1) is 30.7. The number of nitrogens with zero attached hydrogens (tertiary/aromatic N) is 3. The Bertz CT molecular complexity index is 3390. The van der Waals surface area contributed by atoms with Crippen molar-refractivity contribution < 1.29 is 30.6 Å². The zero-order valence-corrected chi connectivity index (χ0v) is 40.4. The minimum atomic E-state index is -0.376. The molecule has 3 heterocycles. The maximum atomic E-state index is 12.5. The van der Waals surface area contributed by atoms with Gasteiger partial charge in [-0.3, -0.25) is 9.55 Å². The second kappa shape index (κ2) is 16.5. The third kappa shape index (κ3) is 7.80. The quantitative estimate of drug-likeness (QED) is 0.162. The first-order valence-electron chi connectivity index (χ1n) is 22.1. The monoisotopic (exact) mass is 1030 g/mol. The van der Waals surface area contributed by atoms with E-state index in [0.29, 0.717) is 11.4 Å². The van der Waals surface area contributed by atoms with Crippen LogP contribution in [0.15, 0.2) is 168 Å². The maximum absolute atomic E-state index is 12.5. The van der Waals surface area contributed by atoms with Crippen LogP contribution >= 0.6 is 0 Å². The van der Waals surface area contributed by atoms with Crippen molar-refractivity contribution in [2.24, 2.45) is 0 Å². The number of para-hydroxylation sites is 3. The normalized spacial score (nSPS) is 12.2. The molecule has 0 saturated heterocycles. The minimum Gasteiger partial charge on any atom is -0.507 e. The largest absolute Gasteiger partial charge is 0.507 e. The predicted octanol–water partition coefficient (Wildman–Crippen LogP) is 15.4. The van der Waals surface area contributed by atoms with Crippen molar-refractivity contribution in [3.63, 3.8) is 0 Å². The van der Waals surface area contributed by atoms with Crippen LogP contribution in [0, 0.1) is 6.07 Å². The molecule has 10 aromatic rings. The zero-order valence-electron chi connectivity index (χ0n) is 38.1. The number of rotatable bonds is 7. The van der Waals surface area contributed by atoms with Crippen molar-refractivity contribution in [3.05, 3.63) is 192 Å². The van der Waals surface area contributed by atoms with Crippen LogP contribution in [0.3, 0.4) is 0 Å². The molecule has 0 aliphatic heterocycles. The number of furan rings is 1. The molecule has 0 fully saturated rings. The molecule has 10 rings (SSSR count). The number of aromatic nitrogens is 3. The van der Waals surface area contributed by atoms with Crippen molar-refractivity contribution >= 4 is 33.0 Å². The molecule has 3 aromatic heterocycles. The molecule has 0 spiro atoms. The number of hydrogen-bond acceptors (Lipinski definition) is 4. The van der Waals surface area contributed by atoms with E-state index in [1.807, 2.05) is 36.5 Å². The molecule has 0 aliphatic rings. The number of benzene rings is 7. The molecule has 0 saturated carbocycles. The zero-order chi connectivity index (χ0) is 44.5. The van der Waals surface area contributed by atoms with Crippen LogP contribution in [0.5, 0.6) is 5.75 Å². The van der Waals surface area contributed by atoms with Crippen LogP contribution < -0.4 is 0 Å². The molecule has 1 N–H and O–H groups in total. The van der Waals surface area contributed by atoms with Gasteiger partial charge >= 0.3 is 0 Å². The molecule has 0 aliphatic carbocycles. The van der Waals surface area contributed by atoms with Gasteiger partial charge in [0.15, 0.2) is 0 Å². The summed E-state index contributed by atoms with van der Waals surface area (Å²) in [5.41, 5.74) is 14.0. The molecular weight excluding hydrogens is 978 g/mol. The van der Waals surface area contributed by atoms with Gasteiger partial charge in [0.05, 0.1) is 22.3 Å². The van der Waals surface area contributed by atoms with Gasteiger partial charge in [-0.15, -0.1) is 29.3 Å². The van der Waals surface area contributed by atoms with E-state index in [1.165, 1.54) is 5.56 Å². The fraction of sp³-hybridized carbons (Fsp3) is 0.186. The molecule has 0 radical (unpaired) electrons. The summed E-state index contributed by atoms with van der Waals surface area (Å²) in [6.07, 6.45) is 1.92. The van der Waals surface area contributed by atoms with E-state index in [4.69, 9.17) is 14.4 Å². The van der Waals surface area contributed by atoms with E-state index in [9.17, 15) is 5.11 Å². The maximum Gasteiger partial charge on any atom is 0.148 e. The third-order valence-electron chi connectivity index (χ3n) is 12.9. The molecule has 5 nitrogen and oxygen atoms in total. The summed E-state index contributed by atoms with van der Waals surface area (Å²) in [6, 6.07) is 58.8. The number of phenols is 1. The van der Waals surface area contributed by atoms with Gasteiger partial charge in [0, 0.05) is 60.3 Å². The second-order valence-electron chi connectivity index (χ2n) is 19.6. The Labute approximate surface area is 396 Å². The van der Waals surface area contributed by atoms with Crippen LogP contribution in [0.25, 0.3) is 83.6 Å². The van der Waals surface area contributed by atoms with Crippen LogP contribution in [0.2, 0.25) is 0 Å². The summed E-state index contributed by atoms with van der Waals surface area (Å²) < 4.78 is 8.62. The third-order valence-corrected chi connectivity index (χ3v) is 12.9. The molecular formula is C59H52N3O2Pt-. The minimum absolute atomic E-state index is 0. The number of aromatic hydroxyl groups is 1.